The molecule has 8 heteroatoms. The lowest BCUT2D eigenvalue weighted by molar-refractivity contribution is -0.137. The van der Waals surface area contributed by atoms with Gasteiger partial charge < -0.3 is 5.11 Å². The van der Waals surface area contributed by atoms with Crippen molar-refractivity contribution in [2.75, 3.05) is 11.4 Å². The molecule has 1 heterocycles. The standard InChI is InChI=1S/C19H18N2O5S/c1-11-4-5-13(8-12(11)2)21(3)27(25,26)14-6-7-17-15(9-14)18(22)16(10-20-17)19(23)24/h4-10,16H,1-3H3,(H,23,24). The Morgan fingerprint density at radius 3 is 2.44 bits per heavy atom. The number of aryl methyl sites for hydroxylation is 2. The minimum absolute atomic E-state index is 0.0144. The zero-order chi connectivity index (χ0) is 19.9. The second-order valence-corrected chi connectivity index (χ2v) is 8.35. The highest BCUT2D eigenvalue weighted by Gasteiger charge is 2.32. The van der Waals surface area contributed by atoms with Crippen molar-refractivity contribution in [2.45, 2.75) is 18.7 Å². The molecule has 0 saturated heterocycles. The molecule has 0 aromatic heterocycles. The molecule has 2 aromatic carbocycles. The molecule has 1 unspecified atom stereocenters. The molecule has 0 spiro atoms. The van der Waals surface area contributed by atoms with Crippen LogP contribution in [0.15, 0.2) is 46.3 Å². The van der Waals surface area contributed by atoms with Gasteiger partial charge in [-0.3, -0.25) is 18.9 Å². The molecule has 0 saturated carbocycles. The van der Waals surface area contributed by atoms with Gasteiger partial charge in [0.1, 0.15) is 0 Å². The van der Waals surface area contributed by atoms with Gasteiger partial charge in [-0.15, -0.1) is 0 Å². The number of aliphatic imine (C=N–C) groups is 1. The number of benzene rings is 2. The van der Waals surface area contributed by atoms with E-state index in [0.717, 1.165) is 21.6 Å². The maximum atomic E-state index is 13.0. The van der Waals surface area contributed by atoms with Gasteiger partial charge in [-0.25, -0.2) is 8.42 Å². The number of carbonyl (C=O) groups is 2. The monoisotopic (exact) mass is 386 g/mol. The number of Topliss-reactive ketones (excluding diaryl/α,β-unsaturated/α-hetero) is 1. The Hall–Kier alpha value is -3.00. The topological polar surface area (TPSA) is 104 Å². The largest absolute Gasteiger partial charge is 0.480 e. The van der Waals surface area contributed by atoms with E-state index in [1.54, 1.807) is 12.1 Å². The highest BCUT2D eigenvalue weighted by molar-refractivity contribution is 7.92. The average molecular weight is 386 g/mol. The van der Waals surface area contributed by atoms with Crippen molar-refractivity contribution in [2.24, 2.45) is 10.9 Å². The maximum Gasteiger partial charge on any atom is 0.319 e. The van der Waals surface area contributed by atoms with Crippen molar-refractivity contribution < 1.29 is 23.1 Å². The Balaban J connectivity index is 2.03. The molecule has 1 N–H and O–H groups in total. The van der Waals surface area contributed by atoms with Crippen LogP contribution in [0.2, 0.25) is 0 Å². The van der Waals surface area contributed by atoms with Crippen molar-refractivity contribution in [3.8, 4) is 0 Å². The molecule has 2 aromatic rings. The third kappa shape index (κ3) is 3.23. The average Bonchev–Trinajstić information content (AvgIpc) is 2.63. The number of aliphatic carboxylic acids is 1. The summed E-state index contributed by atoms with van der Waals surface area (Å²) >= 11 is 0. The molecule has 3 rings (SSSR count). The molecule has 1 atom stereocenters. The van der Waals surface area contributed by atoms with Crippen molar-refractivity contribution in [3.05, 3.63) is 53.1 Å². The van der Waals surface area contributed by atoms with Gasteiger partial charge in [0, 0.05) is 18.8 Å². The van der Waals surface area contributed by atoms with Gasteiger partial charge in [0.25, 0.3) is 10.0 Å². The molecular weight excluding hydrogens is 368 g/mol. The van der Waals surface area contributed by atoms with Crippen molar-refractivity contribution in [1.29, 1.82) is 0 Å². The van der Waals surface area contributed by atoms with E-state index in [1.165, 1.54) is 25.2 Å². The predicted octanol–water partition coefficient (Wildman–Crippen LogP) is 2.73. The first-order valence-corrected chi connectivity index (χ1v) is 9.58. The van der Waals surface area contributed by atoms with Gasteiger partial charge in [0.2, 0.25) is 0 Å². The molecule has 0 amide bonds. The fourth-order valence-corrected chi connectivity index (χ4v) is 3.98. The number of fused-ring (bicyclic) bond motifs is 1. The lowest BCUT2D eigenvalue weighted by Gasteiger charge is -2.22. The molecule has 1 aliphatic heterocycles. The van der Waals surface area contributed by atoms with E-state index in [4.69, 9.17) is 5.11 Å². The summed E-state index contributed by atoms with van der Waals surface area (Å²) in [6, 6.07) is 9.26. The number of carbonyl (C=O) groups excluding carboxylic acids is 1. The van der Waals surface area contributed by atoms with Gasteiger partial charge in [-0.2, -0.15) is 0 Å². The quantitative estimate of drug-likeness (QED) is 0.814. The van der Waals surface area contributed by atoms with E-state index in [0.29, 0.717) is 5.69 Å². The van der Waals surface area contributed by atoms with Crippen molar-refractivity contribution >= 4 is 39.4 Å². The zero-order valence-electron chi connectivity index (χ0n) is 15.0. The molecule has 1 aliphatic rings. The second-order valence-electron chi connectivity index (χ2n) is 6.38. The van der Waals surface area contributed by atoms with Crippen LogP contribution in [-0.4, -0.2) is 38.5 Å². The third-order valence-electron chi connectivity index (χ3n) is 4.66. The third-order valence-corrected chi connectivity index (χ3v) is 6.44. The smallest absolute Gasteiger partial charge is 0.319 e. The zero-order valence-corrected chi connectivity index (χ0v) is 15.8. The number of rotatable bonds is 4. The fraction of sp³-hybridized carbons (Fsp3) is 0.211. The van der Waals surface area contributed by atoms with Crippen LogP contribution < -0.4 is 4.31 Å². The lowest BCUT2D eigenvalue weighted by atomic mass is 9.95. The molecule has 7 nitrogen and oxygen atoms in total. The normalized spacial score (nSPS) is 16.1. The summed E-state index contributed by atoms with van der Waals surface area (Å²) in [5.41, 5.74) is 2.73. The molecule has 140 valence electrons. The van der Waals surface area contributed by atoms with Crippen LogP contribution in [0.3, 0.4) is 0 Å². The van der Waals surface area contributed by atoms with E-state index < -0.39 is 27.7 Å². The van der Waals surface area contributed by atoms with E-state index >= 15 is 0 Å². The number of ketones is 1. The minimum atomic E-state index is -3.93. The van der Waals surface area contributed by atoms with Crippen LogP contribution in [0, 0.1) is 19.8 Å². The van der Waals surface area contributed by atoms with E-state index in [1.807, 2.05) is 19.9 Å². The molecule has 27 heavy (non-hydrogen) atoms. The fourth-order valence-electron chi connectivity index (χ4n) is 2.77. The van der Waals surface area contributed by atoms with Crippen LogP contribution in [0.4, 0.5) is 11.4 Å². The summed E-state index contributed by atoms with van der Waals surface area (Å²) in [4.78, 5) is 27.4. The number of nitrogens with zero attached hydrogens (tertiary/aromatic N) is 2. The van der Waals surface area contributed by atoms with E-state index in [2.05, 4.69) is 4.99 Å². The molecule has 0 radical (unpaired) electrons. The first-order chi connectivity index (χ1) is 12.6. The molecule has 0 fully saturated rings. The van der Waals surface area contributed by atoms with Gasteiger partial charge in [0.05, 0.1) is 16.3 Å². The molecule has 0 bridgehead atoms. The lowest BCUT2D eigenvalue weighted by Crippen LogP contribution is -2.29. The number of carboxylic acids is 1. The summed E-state index contributed by atoms with van der Waals surface area (Å²) in [7, 11) is -2.50. The van der Waals surface area contributed by atoms with Crippen molar-refractivity contribution in [1.82, 2.24) is 0 Å². The van der Waals surface area contributed by atoms with Gasteiger partial charge in [0.15, 0.2) is 11.7 Å². The highest BCUT2D eigenvalue weighted by atomic mass is 32.2. The van der Waals surface area contributed by atoms with E-state index in [-0.39, 0.29) is 16.1 Å². The van der Waals surface area contributed by atoms with Gasteiger partial charge >= 0.3 is 5.97 Å². The number of hydrogen-bond donors (Lipinski definition) is 1. The Labute approximate surface area is 157 Å². The second kappa shape index (κ2) is 6.62. The van der Waals surface area contributed by atoms with Crippen LogP contribution in [-0.2, 0) is 14.8 Å². The summed E-state index contributed by atoms with van der Waals surface area (Å²) in [6.07, 6.45) is 1.06. The summed E-state index contributed by atoms with van der Waals surface area (Å²) < 4.78 is 27.1. The maximum absolute atomic E-state index is 13.0. The Kier molecular flexibility index (Phi) is 4.61. The number of sulfonamides is 1. The summed E-state index contributed by atoms with van der Waals surface area (Å²) in [6.45, 7) is 3.82. The summed E-state index contributed by atoms with van der Waals surface area (Å²) in [5.74, 6) is -3.42. The first-order valence-electron chi connectivity index (χ1n) is 8.14. The Morgan fingerprint density at radius 1 is 1.11 bits per heavy atom. The Bertz CT molecular complexity index is 1090. The van der Waals surface area contributed by atoms with Crippen LogP contribution in [0.5, 0.6) is 0 Å². The van der Waals surface area contributed by atoms with Crippen LogP contribution in [0.1, 0.15) is 21.5 Å². The highest BCUT2D eigenvalue weighted by Crippen LogP contribution is 2.31. The van der Waals surface area contributed by atoms with Gasteiger partial charge in [-0.1, -0.05) is 6.07 Å². The van der Waals surface area contributed by atoms with Crippen LogP contribution in [0.25, 0.3) is 0 Å². The van der Waals surface area contributed by atoms with Crippen LogP contribution >= 0.6 is 0 Å². The van der Waals surface area contributed by atoms with Crippen molar-refractivity contribution in [3.63, 3.8) is 0 Å². The number of hydrogen-bond acceptors (Lipinski definition) is 5. The number of anilines is 1. The van der Waals surface area contributed by atoms with Gasteiger partial charge in [-0.05, 0) is 55.3 Å². The van der Waals surface area contributed by atoms with E-state index in [9.17, 15) is 18.0 Å². The predicted molar refractivity (Wildman–Crippen MR) is 102 cm³/mol. The number of carboxylic acid groups (broad SMARTS) is 1. The minimum Gasteiger partial charge on any atom is -0.480 e. The molecule has 0 aliphatic carbocycles. The SMILES string of the molecule is Cc1ccc(N(C)S(=O)(=O)c2ccc3c(c2)C(=O)C(C(=O)O)C=N3)cc1C. The first kappa shape index (κ1) is 18.8. The Morgan fingerprint density at radius 2 is 1.81 bits per heavy atom. The summed E-state index contributed by atoms with van der Waals surface area (Å²) in [5, 5.41) is 9.11. The molecular formula is C19H18N2O5S.